The molecule has 0 aromatic heterocycles. The SMILES string of the molecule is O=[N+]([O-])c1ccccc1OC1CS(=O)(=O)CC1O. The van der Waals surface area contributed by atoms with Crippen molar-refractivity contribution in [1.82, 2.24) is 0 Å². The minimum atomic E-state index is -3.34. The van der Waals surface area contributed by atoms with Crippen molar-refractivity contribution in [3.05, 3.63) is 34.4 Å². The van der Waals surface area contributed by atoms with Crippen LogP contribution in [0.3, 0.4) is 0 Å². The van der Waals surface area contributed by atoms with Crippen LogP contribution in [0.2, 0.25) is 0 Å². The number of rotatable bonds is 3. The fourth-order valence-electron chi connectivity index (χ4n) is 1.78. The number of hydrogen-bond acceptors (Lipinski definition) is 6. The highest BCUT2D eigenvalue weighted by atomic mass is 32.2. The van der Waals surface area contributed by atoms with Crippen molar-refractivity contribution < 1.29 is 23.2 Å². The van der Waals surface area contributed by atoms with E-state index in [2.05, 4.69) is 0 Å². The molecule has 0 amide bonds. The topological polar surface area (TPSA) is 107 Å². The van der Waals surface area contributed by atoms with Gasteiger partial charge < -0.3 is 9.84 Å². The lowest BCUT2D eigenvalue weighted by Crippen LogP contribution is -2.29. The van der Waals surface area contributed by atoms with E-state index in [0.29, 0.717) is 0 Å². The second-order valence-corrected chi connectivity index (χ2v) is 6.18. The summed E-state index contributed by atoms with van der Waals surface area (Å²) in [4.78, 5) is 10.1. The van der Waals surface area contributed by atoms with Crippen LogP contribution in [0.5, 0.6) is 5.75 Å². The Labute approximate surface area is 103 Å². The largest absolute Gasteiger partial charge is 0.480 e. The molecule has 1 heterocycles. The first-order valence-corrected chi connectivity index (χ1v) is 7.00. The lowest BCUT2D eigenvalue weighted by molar-refractivity contribution is -0.386. The van der Waals surface area contributed by atoms with E-state index in [9.17, 15) is 23.6 Å². The highest BCUT2D eigenvalue weighted by molar-refractivity contribution is 7.91. The Kier molecular flexibility index (Phi) is 3.22. The molecule has 2 unspecified atom stereocenters. The molecule has 1 N–H and O–H groups in total. The number of para-hydroxylation sites is 2. The average molecular weight is 273 g/mol. The quantitative estimate of drug-likeness (QED) is 0.619. The molecule has 1 aliphatic heterocycles. The first-order valence-electron chi connectivity index (χ1n) is 5.17. The maximum absolute atomic E-state index is 11.3. The number of nitro groups is 1. The van der Waals surface area contributed by atoms with Gasteiger partial charge in [-0.15, -0.1) is 0 Å². The predicted octanol–water partition coefficient (Wildman–Crippen LogP) is 0.131. The molecule has 1 fully saturated rings. The van der Waals surface area contributed by atoms with E-state index in [1.54, 1.807) is 0 Å². The Bertz CT molecular complexity index is 569. The first kappa shape index (κ1) is 12.8. The van der Waals surface area contributed by atoms with Crippen molar-refractivity contribution >= 4 is 15.5 Å². The third kappa shape index (κ3) is 2.59. The highest BCUT2D eigenvalue weighted by Crippen LogP contribution is 2.29. The summed E-state index contributed by atoms with van der Waals surface area (Å²) in [5.41, 5.74) is -0.256. The second-order valence-electron chi connectivity index (χ2n) is 4.03. The van der Waals surface area contributed by atoms with Gasteiger partial charge in [0.15, 0.2) is 15.6 Å². The fourth-order valence-corrected chi connectivity index (χ4v) is 3.44. The monoisotopic (exact) mass is 273 g/mol. The van der Waals surface area contributed by atoms with Crippen LogP contribution >= 0.6 is 0 Å². The molecule has 1 aliphatic rings. The Hall–Kier alpha value is -1.67. The van der Waals surface area contributed by atoms with Gasteiger partial charge in [0.2, 0.25) is 0 Å². The van der Waals surface area contributed by atoms with Crippen molar-refractivity contribution in [2.24, 2.45) is 0 Å². The van der Waals surface area contributed by atoms with Crippen molar-refractivity contribution in [2.75, 3.05) is 11.5 Å². The van der Waals surface area contributed by atoms with Gasteiger partial charge in [-0.1, -0.05) is 12.1 Å². The van der Waals surface area contributed by atoms with E-state index in [0.717, 1.165) is 0 Å². The van der Waals surface area contributed by atoms with Gasteiger partial charge in [-0.2, -0.15) is 0 Å². The smallest absolute Gasteiger partial charge is 0.310 e. The molecule has 7 nitrogen and oxygen atoms in total. The Balaban J connectivity index is 2.23. The van der Waals surface area contributed by atoms with Crippen molar-refractivity contribution in [1.29, 1.82) is 0 Å². The number of benzene rings is 1. The van der Waals surface area contributed by atoms with E-state index in [1.807, 2.05) is 0 Å². The van der Waals surface area contributed by atoms with Gasteiger partial charge >= 0.3 is 5.69 Å². The van der Waals surface area contributed by atoms with Gasteiger partial charge in [-0.3, -0.25) is 10.1 Å². The molecule has 18 heavy (non-hydrogen) atoms. The first-order chi connectivity index (χ1) is 8.39. The van der Waals surface area contributed by atoms with Crippen LogP contribution < -0.4 is 4.74 Å². The summed E-state index contributed by atoms with van der Waals surface area (Å²) in [6, 6.07) is 5.64. The standard InChI is InChI=1S/C10H11NO6S/c12-8-5-18(15,16)6-10(8)17-9-4-2-1-3-7(9)11(13)14/h1-4,8,10,12H,5-6H2. The molecule has 1 saturated heterocycles. The number of nitro benzene ring substituents is 1. The number of aliphatic hydroxyl groups is 1. The molecule has 8 heteroatoms. The van der Waals surface area contributed by atoms with Crippen LogP contribution in [0.1, 0.15) is 0 Å². The number of aliphatic hydroxyl groups excluding tert-OH is 1. The minimum absolute atomic E-state index is 0.0383. The number of nitrogens with zero attached hydrogens (tertiary/aromatic N) is 1. The number of ether oxygens (including phenoxy) is 1. The van der Waals surface area contributed by atoms with Crippen molar-refractivity contribution in [3.63, 3.8) is 0 Å². The zero-order chi connectivity index (χ0) is 13.3. The van der Waals surface area contributed by atoms with E-state index in [4.69, 9.17) is 4.74 Å². The molecule has 1 aromatic rings. The molecule has 0 spiro atoms. The van der Waals surface area contributed by atoms with Crippen molar-refractivity contribution in [3.8, 4) is 5.75 Å². The molecule has 0 aliphatic carbocycles. The fraction of sp³-hybridized carbons (Fsp3) is 0.400. The van der Waals surface area contributed by atoms with E-state index in [1.165, 1.54) is 24.3 Å². The Morgan fingerprint density at radius 1 is 1.33 bits per heavy atom. The van der Waals surface area contributed by atoms with Gasteiger partial charge in [0.05, 0.1) is 16.4 Å². The van der Waals surface area contributed by atoms with Crippen LogP contribution in [0.15, 0.2) is 24.3 Å². The van der Waals surface area contributed by atoms with Gasteiger partial charge in [0, 0.05) is 6.07 Å². The summed E-state index contributed by atoms with van der Waals surface area (Å²) < 4.78 is 27.8. The molecule has 2 atom stereocenters. The molecule has 0 saturated carbocycles. The van der Waals surface area contributed by atoms with Crippen molar-refractivity contribution in [2.45, 2.75) is 12.2 Å². The maximum Gasteiger partial charge on any atom is 0.310 e. The average Bonchev–Trinajstić information content (AvgIpc) is 2.52. The molecular formula is C10H11NO6S. The third-order valence-corrected chi connectivity index (χ3v) is 4.30. The lowest BCUT2D eigenvalue weighted by atomic mass is 10.2. The summed E-state index contributed by atoms with van der Waals surface area (Å²) in [7, 11) is -3.34. The third-order valence-electron chi connectivity index (χ3n) is 2.61. The summed E-state index contributed by atoms with van der Waals surface area (Å²) in [5, 5.41) is 20.3. The van der Waals surface area contributed by atoms with Crippen LogP contribution in [-0.2, 0) is 9.84 Å². The van der Waals surface area contributed by atoms with Crippen LogP contribution in [0, 0.1) is 10.1 Å². The summed E-state index contributed by atoms with van der Waals surface area (Å²) in [6.07, 6.45) is -2.12. The van der Waals surface area contributed by atoms with Crippen LogP contribution in [-0.4, -0.2) is 42.2 Å². The molecule has 0 bridgehead atoms. The number of sulfone groups is 1. The van der Waals surface area contributed by atoms with Gasteiger partial charge in [0.1, 0.15) is 12.2 Å². The van der Waals surface area contributed by atoms with Gasteiger partial charge in [0.25, 0.3) is 0 Å². The summed E-state index contributed by atoms with van der Waals surface area (Å²) >= 11 is 0. The highest BCUT2D eigenvalue weighted by Gasteiger charge is 2.39. The minimum Gasteiger partial charge on any atom is -0.480 e. The molecular weight excluding hydrogens is 262 g/mol. The zero-order valence-corrected chi connectivity index (χ0v) is 10.0. The molecule has 1 aromatic carbocycles. The predicted molar refractivity (Wildman–Crippen MR) is 62.2 cm³/mol. The zero-order valence-electron chi connectivity index (χ0n) is 9.22. The normalized spacial score (nSPS) is 25.8. The van der Waals surface area contributed by atoms with Gasteiger partial charge in [-0.05, 0) is 6.07 Å². The summed E-state index contributed by atoms with van der Waals surface area (Å²) in [5.74, 6) is -0.748. The molecule has 98 valence electrons. The number of hydrogen-bond donors (Lipinski definition) is 1. The lowest BCUT2D eigenvalue weighted by Gasteiger charge is -2.15. The van der Waals surface area contributed by atoms with Crippen LogP contribution in [0.25, 0.3) is 0 Å². The van der Waals surface area contributed by atoms with E-state index >= 15 is 0 Å². The Morgan fingerprint density at radius 2 is 2.00 bits per heavy atom. The molecule has 0 radical (unpaired) electrons. The molecule has 2 rings (SSSR count). The van der Waals surface area contributed by atoms with Gasteiger partial charge in [-0.25, -0.2) is 8.42 Å². The summed E-state index contributed by atoms with van der Waals surface area (Å²) in [6.45, 7) is 0. The maximum atomic E-state index is 11.3. The second kappa shape index (κ2) is 4.54. The van der Waals surface area contributed by atoms with Crippen LogP contribution in [0.4, 0.5) is 5.69 Å². The van der Waals surface area contributed by atoms with E-state index < -0.39 is 27.0 Å². The van der Waals surface area contributed by atoms with E-state index in [-0.39, 0.29) is 22.9 Å². The Morgan fingerprint density at radius 3 is 2.56 bits per heavy atom.